The molecule has 23 heavy (non-hydrogen) atoms. The van der Waals surface area contributed by atoms with Crippen molar-refractivity contribution in [1.82, 2.24) is 5.32 Å². The number of nitrogens with one attached hydrogen (secondary N) is 1. The van der Waals surface area contributed by atoms with Gasteiger partial charge in [0.2, 0.25) is 0 Å². The van der Waals surface area contributed by atoms with Crippen molar-refractivity contribution in [2.24, 2.45) is 10.9 Å². The van der Waals surface area contributed by atoms with Gasteiger partial charge in [-0.1, -0.05) is 64.3 Å². The summed E-state index contributed by atoms with van der Waals surface area (Å²) in [6.45, 7) is 6.60. The van der Waals surface area contributed by atoms with E-state index in [9.17, 15) is 4.79 Å². The zero-order chi connectivity index (χ0) is 16.4. The van der Waals surface area contributed by atoms with Crippen molar-refractivity contribution in [2.75, 3.05) is 0 Å². The molecule has 1 amide bonds. The molecule has 0 atom stereocenters. The van der Waals surface area contributed by atoms with E-state index in [2.05, 4.69) is 55.3 Å². The molecule has 1 saturated carbocycles. The van der Waals surface area contributed by atoms with Crippen LogP contribution in [0.25, 0.3) is 6.08 Å². The molecule has 3 heteroatoms. The fraction of sp³-hybridized carbons (Fsp3) is 0.500. The third kappa shape index (κ3) is 3.72. The Morgan fingerprint density at radius 1 is 1.09 bits per heavy atom. The lowest BCUT2D eigenvalue weighted by atomic mass is 9.87. The van der Waals surface area contributed by atoms with Crippen molar-refractivity contribution in [3.63, 3.8) is 0 Å². The van der Waals surface area contributed by atoms with Crippen LogP contribution in [0.2, 0.25) is 0 Å². The maximum Gasteiger partial charge on any atom is 0.275 e. The van der Waals surface area contributed by atoms with Gasteiger partial charge in [0.25, 0.3) is 5.91 Å². The van der Waals surface area contributed by atoms with Gasteiger partial charge in [0, 0.05) is 5.92 Å². The van der Waals surface area contributed by atoms with Crippen LogP contribution in [-0.4, -0.2) is 11.7 Å². The highest BCUT2D eigenvalue weighted by Crippen LogP contribution is 2.27. The second-order valence-corrected chi connectivity index (χ2v) is 7.69. The Kier molecular flexibility index (Phi) is 4.38. The monoisotopic (exact) mass is 310 g/mol. The molecule has 1 fully saturated rings. The molecular weight excluding hydrogens is 284 g/mol. The molecule has 0 unspecified atom stereocenters. The highest BCUT2D eigenvalue weighted by molar-refractivity contribution is 6.15. The van der Waals surface area contributed by atoms with E-state index >= 15 is 0 Å². The summed E-state index contributed by atoms with van der Waals surface area (Å²) in [5.74, 6) is 1.25. The van der Waals surface area contributed by atoms with Crippen LogP contribution in [0.5, 0.6) is 0 Å². The molecule has 122 valence electrons. The number of rotatable bonds is 2. The smallest absolute Gasteiger partial charge is 0.275 e. The summed E-state index contributed by atoms with van der Waals surface area (Å²) in [5, 5.41) is 2.97. The average Bonchev–Trinajstić information content (AvgIpc) is 2.89. The third-order valence-corrected chi connectivity index (χ3v) is 4.79. The van der Waals surface area contributed by atoms with E-state index in [4.69, 9.17) is 0 Å². The van der Waals surface area contributed by atoms with E-state index in [0.29, 0.717) is 11.6 Å². The third-order valence-electron chi connectivity index (χ3n) is 4.79. The predicted molar refractivity (Wildman–Crippen MR) is 95.3 cm³/mol. The zero-order valence-electron chi connectivity index (χ0n) is 14.4. The van der Waals surface area contributed by atoms with Crippen molar-refractivity contribution in [3.8, 4) is 0 Å². The largest absolute Gasteiger partial charge is 0.308 e. The summed E-state index contributed by atoms with van der Waals surface area (Å²) >= 11 is 0. The number of amidine groups is 1. The average molecular weight is 310 g/mol. The topological polar surface area (TPSA) is 41.5 Å². The maximum absolute atomic E-state index is 12.2. The number of nitrogens with zero attached hydrogens (tertiary/aromatic N) is 1. The molecular formula is C20H26N2O. The van der Waals surface area contributed by atoms with Crippen LogP contribution >= 0.6 is 0 Å². The summed E-state index contributed by atoms with van der Waals surface area (Å²) in [4.78, 5) is 16.7. The van der Waals surface area contributed by atoms with E-state index < -0.39 is 0 Å². The van der Waals surface area contributed by atoms with Crippen LogP contribution in [0.4, 0.5) is 0 Å². The van der Waals surface area contributed by atoms with Crippen LogP contribution in [0, 0.1) is 5.92 Å². The van der Waals surface area contributed by atoms with E-state index in [-0.39, 0.29) is 11.3 Å². The SMILES string of the molecule is CC(C)(C)c1ccc(/C=C2/N=C(C3CCCCC3)NC2=O)cc1. The molecule has 3 nitrogen and oxygen atoms in total. The van der Waals surface area contributed by atoms with Gasteiger partial charge < -0.3 is 5.32 Å². The molecule has 0 saturated heterocycles. The van der Waals surface area contributed by atoms with Gasteiger partial charge in [-0.05, 0) is 35.5 Å². The van der Waals surface area contributed by atoms with Gasteiger partial charge >= 0.3 is 0 Å². The number of hydrogen-bond acceptors (Lipinski definition) is 2. The number of carbonyl (C=O) groups excluding carboxylic acids is 1. The number of carbonyl (C=O) groups is 1. The molecule has 1 aliphatic heterocycles. The first-order valence-corrected chi connectivity index (χ1v) is 8.66. The van der Waals surface area contributed by atoms with Crippen molar-refractivity contribution in [3.05, 3.63) is 41.1 Å². The minimum atomic E-state index is -0.0644. The van der Waals surface area contributed by atoms with E-state index in [1.165, 1.54) is 24.8 Å². The van der Waals surface area contributed by atoms with Crippen LogP contribution < -0.4 is 5.32 Å². The molecule has 1 N–H and O–H groups in total. The first kappa shape index (κ1) is 16.0. The Morgan fingerprint density at radius 3 is 2.35 bits per heavy atom. The lowest BCUT2D eigenvalue weighted by molar-refractivity contribution is -0.115. The lowest BCUT2D eigenvalue weighted by Crippen LogP contribution is -2.31. The molecule has 3 rings (SSSR count). The van der Waals surface area contributed by atoms with Gasteiger partial charge in [-0.2, -0.15) is 0 Å². The normalized spacial score (nSPS) is 21.4. The summed E-state index contributed by atoms with van der Waals surface area (Å²) in [7, 11) is 0. The van der Waals surface area contributed by atoms with E-state index in [1.54, 1.807) is 0 Å². The maximum atomic E-state index is 12.2. The molecule has 1 aliphatic carbocycles. The van der Waals surface area contributed by atoms with Crippen LogP contribution in [0.15, 0.2) is 35.0 Å². The Balaban J connectivity index is 1.78. The van der Waals surface area contributed by atoms with Gasteiger partial charge in [0.1, 0.15) is 11.5 Å². The molecule has 0 spiro atoms. The number of benzene rings is 1. The number of amides is 1. The van der Waals surface area contributed by atoms with Crippen molar-refractivity contribution >= 4 is 17.8 Å². The van der Waals surface area contributed by atoms with Gasteiger partial charge in [-0.25, -0.2) is 4.99 Å². The van der Waals surface area contributed by atoms with Crippen LogP contribution in [0.3, 0.4) is 0 Å². The van der Waals surface area contributed by atoms with Crippen molar-refractivity contribution < 1.29 is 4.79 Å². The Morgan fingerprint density at radius 2 is 1.74 bits per heavy atom. The Hall–Kier alpha value is -1.90. The fourth-order valence-corrected chi connectivity index (χ4v) is 3.29. The van der Waals surface area contributed by atoms with E-state index in [0.717, 1.165) is 24.2 Å². The predicted octanol–water partition coefficient (Wildman–Crippen LogP) is 4.43. The van der Waals surface area contributed by atoms with Crippen molar-refractivity contribution in [2.45, 2.75) is 58.3 Å². The minimum absolute atomic E-state index is 0.0644. The first-order chi connectivity index (χ1) is 10.9. The van der Waals surface area contributed by atoms with Gasteiger partial charge in [-0.15, -0.1) is 0 Å². The second-order valence-electron chi connectivity index (χ2n) is 7.69. The van der Waals surface area contributed by atoms with Gasteiger partial charge in [-0.3, -0.25) is 4.79 Å². The summed E-state index contributed by atoms with van der Waals surface area (Å²) < 4.78 is 0. The minimum Gasteiger partial charge on any atom is -0.308 e. The first-order valence-electron chi connectivity index (χ1n) is 8.66. The Bertz CT molecular complexity index is 641. The zero-order valence-corrected chi connectivity index (χ0v) is 14.4. The second kappa shape index (κ2) is 6.31. The van der Waals surface area contributed by atoms with Crippen LogP contribution in [0.1, 0.15) is 64.0 Å². The summed E-state index contributed by atoms with van der Waals surface area (Å²) in [5.41, 5.74) is 3.00. The molecule has 1 heterocycles. The van der Waals surface area contributed by atoms with Gasteiger partial charge in [0.05, 0.1) is 0 Å². The van der Waals surface area contributed by atoms with E-state index in [1.807, 2.05) is 6.08 Å². The highest BCUT2D eigenvalue weighted by atomic mass is 16.2. The molecule has 2 aliphatic rings. The number of aliphatic imine (C=N–C) groups is 1. The highest BCUT2D eigenvalue weighted by Gasteiger charge is 2.27. The van der Waals surface area contributed by atoms with Crippen molar-refractivity contribution in [1.29, 1.82) is 0 Å². The fourth-order valence-electron chi connectivity index (χ4n) is 3.29. The molecule has 1 aromatic carbocycles. The molecule has 1 aromatic rings. The molecule has 0 radical (unpaired) electrons. The van der Waals surface area contributed by atoms with Gasteiger partial charge in [0.15, 0.2) is 0 Å². The molecule has 0 aromatic heterocycles. The standard InChI is InChI=1S/C20H26N2O/c1-20(2,3)16-11-9-14(10-12-16)13-17-19(23)22-18(21-17)15-7-5-4-6-8-15/h9-13,15H,4-8H2,1-3H3,(H,21,22,23)/b17-13+. The Labute approximate surface area is 138 Å². The quantitative estimate of drug-likeness (QED) is 0.806. The van der Waals surface area contributed by atoms with Crippen LogP contribution in [-0.2, 0) is 10.2 Å². The summed E-state index contributed by atoms with van der Waals surface area (Å²) in [6.07, 6.45) is 7.97. The number of hydrogen-bond donors (Lipinski definition) is 1. The lowest BCUT2D eigenvalue weighted by Gasteiger charge is -2.20. The summed E-state index contributed by atoms with van der Waals surface area (Å²) in [6, 6.07) is 8.39. The molecule has 0 bridgehead atoms.